The molecule has 0 amide bonds. The van der Waals surface area contributed by atoms with E-state index in [1.807, 2.05) is 12.1 Å². The van der Waals surface area contributed by atoms with Gasteiger partial charge in [-0.1, -0.05) is 19.4 Å². The lowest BCUT2D eigenvalue weighted by molar-refractivity contribution is 0.199. The normalized spacial score (nSPS) is 10.8. The molecule has 0 atom stereocenters. The number of rotatable bonds is 9. The summed E-state index contributed by atoms with van der Waals surface area (Å²) < 4.78 is 18.7. The van der Waals surface area contributed by atoms with Crippen LogP contribution in [-0.2, 0) is 11.3 Å². The molecular formula is C14H22FNOS. The van der Waals surface area contributed by atoms with E-state index in [0.29, 0.717) is 13.2 Å². The summed E-state index contributed by atoms with van der Waals surface area (Å²) in [5.74, 6) is 0.876. The van der Waals surface area contributed by atoms with Gasteiger partial charge in [0.1, 0.15) is 5.82 Å². The summed E-state index contributed by atoms with van der Waals surface area (Å²) in [5.41, 5.74) is 0.975. The second kappa shape index (κ2) is 9.36. The molecule has 1 N–H and O–H groups in total. The minimum absolute atomic E-state index is 0.109. The van der Waals surface area contributed by atoms with Gasteiger partial charge in [-0.05, 0) is 29.9 Å². The molecule has 0 spiro atoms. The number of unbranched alkanes of at least 4 members (excludes halogenated alkanes) is 1. The smallest absolute Gasteiger partial charge is 0.137 e. The Morgan fingerprint density at radius 2 is 2.22 bits per heavy atom. The Bertz CT molecular complexity index is 347. The third kappa shape index (κ3) is 5.85. The maximum absolute atomic E-state index is 13.8. The van der Waals surface area contributed by atoms with Crippen molar-refractivity contribution in [2.75, 3.05) is 26.0 Å². The number of ether oxygens (including phenoxy) is 1. The van der Waals surface area contributed by atoms with Crippen molar-refractivity contribution in [1.29, 1.82) is 0 Å². The van der Waals surface area contributed by atoms with E-state index in [2.05, 4.69) is 12.2 Å². The van der Waals surface area contributed by atoms with E-state index in [-0.39, 0.29) is 5.82 Å². The van der Waals surface area contributed by atoms with Crippen molar-refractivity contribution in [1.82, 2.24) is 5.32 Å². The highest BCUT2D eigenvalue weighted by Gasteiger charge is 2.03. The predicted molar refractivity (Wildman–Crippen MR) is 75.6 cm³/mol. The summed E-state index contributed by atoms with van der Waals surface area (Å²) in [7, 11) is 1.67. The Kier molecular flexibility index (Phi) is 8.05. The van der Waals surface area contributed by atoms with E-state index in [0.717, 1.165) is 35.6 Å². The van der Waals surface area contributed by atoms with E-state index in [9.17, 15) is 4.39 Å². The van der Waals surface area contributed by atoms with E-state index in [1.54, 1.807) is 24.9 Å². The SMILES string of the molecule is CCCCSc1ccc(CNCCOC)cc1F. The third-order valence-electron chi connectivity index (χ3n) is 2.56. The molecule has 4 heteroatoms. The molecule has 0 aliphatic carbocycles. The number of halogens is 1. The highest BCUT2D eigenvalue weighted by molar-refractivity contribution is 7.99. The van der Waals surface area contributed by atoms with Crippen molar-refractivity contribution in [2.24, 2.45) is 0 Å². The summed E-state index contributed by atoms with van der Waals surface area (Å²) in [6, 6.07) is 5.48. The van der Waals surface area contributed by atoms with Crippen LogP contribution in [0, 0.1) is 5.82 Å². The highest BCUT2D eigenvalue weighted by atomic mass is 32.2. The summed E-state index contributed by atoms with van der Waals surface area (Å²) >= 11 is 1.60. The fraction of sp³-hybridized carbons (Fsp3) is 0.571. The largest absolute Gasteiger partial charge is 0.383 e. The summed E-state index contributed by atoms with van der Waals surface area (Å²) in [6.45, 7) is 4.28. The molecule has 2 nitrogen and oxygen atoms in total. The van der Waals surface area contributed by atoms with Gasteiger partial charge in [0.05, 0.1) is 6.61 Å². The van der Waals surface area contributed by atoms with E-state index >= 15 is 0 Å². The standard InChI is InChI=1S/C14H22FNOS/c1-3-4-9-18-14-6-5-12(10-13(14)15)11-16-7-8-17-2/h5-6,10,16H,3-4,7-9,11H2,1-2H3. The Morgan fingerprint density at radius 3 is 2.89 bits per heavy atom. The zero-order valence-corrected chi connectivity index (χ0v) is 12.0. The molecule has 0 heterocycles. The van der Waals surface area contributed by atoms with Crippen molar-refractivity contribution < 1.29 is 9.13 Å². The van der Waals surface area contributed by atoms with Crippen molar-refractivity contribution in [3.8, 4) is 0 Å². The van der Waals surface area contributed by atoms with E-state index < -0.39 is 0 Å². The Balaban J connectivity index is 2.41. The number of thioether (sulfide) groups is 1. The van der Waals surface area contributed by atoms with Crippen LogP contribution in [0.2, 0.25) is 0 Å². The molecule has 0 saturated heterocycles. The molecule has 1 aromatic rings. The van der Waals surface area contributed by atoms with Crippen molar-refractivity contribution in [2.45, 2.75) is 31.2 Å². The van der Waals surface area contributed by atoms with E-state index in [1.165, 1.54) is 0 Å². The topological polar surface area (TPSA) is 21.3 Å². The molecule has 0 unspecified atom stereocenters. The first-order chi connectivity index (χ1) is 8.77. The van der Waals surface area contributed by atoms with Crippen LogP contribution < -0.4 is 5.32 Å². The van der Waals surface area contributed by atoms with Gasteiger partial charge in [0, 0.05) is 25.1 Å². The fourth-order valence-electron chi connectivity index (χ4n) is 1.50. The average Bonchev–Trinajstić information content (AvgIpc) is 2.37. The molecule has 1 aromatic carbocycles. The van der Waals surface area contributed by atoms with Crippen molar-refractivity contribution in [3.63, 3.8) is 0 Å². The monoisotopic (exact) mass is 271 g/mol. The molecule has 0 saturated carbocycles. The first-order valence-electron chi connectivity index (χ1n) is 6.38. The van der Waals surface area contributed by atoms with Crippen LogP contribution in [0.1, 0.15) is 25.3 Å². The number of nitrogens with one attached hydrogen (secondary N) is 1. The maximum atomic E-state index is 13.8. The molecule has 0 radical (unpaired) electrons. The molecule has 1 rings (SSSR count). The van der Waals surface area contributed by atoms with Gasteiger partial charge in [0.2, 0.25) is 0 Å². The lowest BCUT2D eigenvalue weighted by Gasteiger charge is -2.07. The van der Waals surface area contributed by atoms with Crippen molar-refractivity contribution in [3.05, 3.63) is 29.6 Å². The molecule has 0 aliphatic rings. The quantitative estimate of drug-likeness (QED) is 0.549. The minimum Gasteiger partial charge on any atom is -0.383 e. The van der Waals surface area contributed by atoms with Gasteiger partial charge in [-0.3, -0.25) is 0 Å². The molecule has 0 aliphatic heterocycles. The number of methoxy groups -OCH3 is 1. The molecule has 0 bridgehead atoms. The van der Waals surface area contributed by atoms with Crippen LogP contribution in [-0.4, -0.2) is 26.0 Å². The van der Waals surface area contributed by atoms with Gasteiger partial charge >= 0.3 is 0 Å². The van der Waals surface area contributed by atoms with Crippen LogP contribution in [0.25, 0.3) is 0 Å². The van der Waals surface area contributed by atoms with Gasteiger partial charge in [0.25, 0.3) is 0 Å². The minimum atomic E-state index is -0.109. The summed E-state index contributed by atoms with van der Waals surface area (Å²) in [4.78, 5) is 0.754. The highest BCUT2D eigenvalue weighted by Crippen LogP contribution is 2.23. The third-order valence-corrected chi connectivity index (χ3v) is 3.70. The second-order valence-electron chi connectivity index (χ2n) is 4.14. The number of benzene rings is 1. The summed E-state index contributed by atoms with van der Waals surface area (Å²) in [6.07, 6.45) is 2.28. The Morgan fingerprint density at radius 1 is 1.39 bits per heavy atom. The Labute approximate surface area is 113 Å². The molecular weight excluding hydrogens is 249 g/mol. The Hall–Kier alpha value is -0.580. The van der Waals surface area contributed by atoms with Crippen LogP contribution >= 0.6 is 11.8 Å². The van der Waals surface area contributed by atoms with E-state index in [4.69, 9.17) is 4.74 Å². The van der Waals surface area contributed by atoms with Gasteiger partial charge in [0.15, 0.2) is 0 Å². The first kappa shape index (κ1) is 15.5. The average molecular weight is 271 g/mol. The van der Waals surface area contributed by atoms with Crippen LogP contribution in [0.5, 0.6) is 0 Å². The molecule has 0 fully saturated rings. The lowest BCUT2D eigenvalue weighted by Crippen LogP contribution is -2.18. The number of hydrogen-bond acceptors (Lipinski definition) is 3. The van der Waals surface area contributed by atoms with Gasteiger partial charge in [-0.15, -0.1) is 11.8 Å². The predicted octanol–water partition coefficient (Wildman–Crippen LogP) is 3.45. The van der Waals surface area contributed by atoms with Crippen LogP contribution in [0.15, 0.2) is 23.1 Å². The van der Waals surface area contributed by atoms with Crippen LogP contribution in [0.3, 0.4) is 0 Å². The lowest BCUT2D eigenvalue weighted by atomic mass is 10.2. The van der Waals surface area contributed by atoms with Gasteiger partial charge in [-0.2, -0.15) is 0 Å². The molecule has 18 heavy (non-hydrogen) atoms. The van der Waals surface area contributed by atoms with Gasteiger partial charge < -0.3 is 10.1 Å². The van der Waals surface area contributed by atoms with Gasteiger partial charge in [-0.25, -0.2) is 4.39 Å². The zero-order chi connectivity index (χ0) is 13.2. The van der Waals surface area contributed by atoms with Crippen molar-refractivity contribution >= 4 is 11.8 Å². The number of hydrogen-bond donors (Lipinski definition) is 1. The maximum Gasteiger partial charge on any atom is 0.137 e. The fourth-order valence-corrected chi connectivity index (χ4v) is 2.52. The second-order valence-corrected chi connectivity index (χ2v) is 5.27. The summed E-state index contributed by atoms with van der Waals surface area (Å²) in [5, 5.41) is 3.20. The molecule has 102 valence electrons. The van der Waals surface area contributed by atoms with Crippen LogP contribution in [0.4, 0.5) is 4.39 Å². The first-order valence-corrected chi connectivity index (χ1v) is 7.37. The zero-order valence-electron chi connectivity index (χ0n) is 11.2. The molecule has 0 aromatic heterocycles.